The average Bonchev–Trinajstić information content (AvgIpc) is 3.56. The van der Waals surface area contributed by atoms with Crippen LogP contribution in [0.3, 0.4) is 0 Å². The van der Waals surface area contributed by atoms with Gasteiger partial charge in [0.05, 0.1) is 17.8 Å². The minimum atomic E-state index is 0.367. The Hall–Kier alpha value is -4.17. The Kier molecular flexibility index (Phi) is 5.64. The Morgan fingerprint density at radius 1 is 1.03 bits per heavy atom. The molecule has 35 heavy (non-hydrogen) atoms. The summed E-state index contributed by atoms with van der Waals surface area (Å²) in [5.41, 5.74) is 11.3. The van der Waals surface area contributed by atoms with E-state index in [2.05, 4.69) is 31.3 Å². The van der Waals surface area contributed by atoms with E-state index in [4.69, 9.17) is 14.9 Å². The number of nitrogen functional groups attached to an aromatic ring is 1. The summed E-state index contributed by atoms with van der Waals surface area (Å²) in [5.74, 6) is 1.51. The molecular formula is C27H26N6O2. The summed E-state index contributed by atoms with van der Waals surface area (Å²) in [7, 11) is 0. The molecule has 0 saturated carbocycles. The highest BCUT2D eigenvalue weighted by molar-refractivity contribution is 5.81. The molecule has 0 atom stereocenters. The number of hydrogen-bond acceptors (Lipinski definition) is 7. The van der Waals surface area contributed by atoms with Gasteiger partial charge >= 0.3 is 0 Å². The van der Waals surface area contributed by atoms with E-state index in [1.165, 1.54) is 0 Å². The van der Waals surface area contributed by atoms with Gasteiger partial charge in [-0.1, -0.05) is 30.3 Å². The van der Waals surface area contributed by atoms with Gasteiger partial charge in [0.1, 0.15) is 23.7 Å². The number of hydrogen-bond donors (Lipinski definition) is 2. The largest absolute Gasteiger partial charge is 0.489 e. The molecule has 5 aromatic rings. The maximum absolute atomic E-state index is 6.22. The molecule has 1 aliphatic rings. The monoisotopic (exact) mass is 466 g/mol. The second kappa shape index (κ2) is 9.23. The number of nitrogens with zero attached hydrogens (tertiary/aromatic N) is 4. The van der Waals surface area contributed by atoms with Crippen molar-refractivity contribution in [2.45, 2.75) is 25.5 Å². The predicted octanol–water partition coefficient (Wildman–Crippen LogP) is 4.84. The number of benzene rings is 2. The van der Waals surface area contributed by atoms with Crippen LogP contribution in [0.1, 0.15) is 24.4 Å². The summed E-state index contributed by atoms with van der Waals surface area (Å²) in [6.07, 6.45) is 7.87. The Labute approximate surface area is 202 Å². The summed E-state index contributed by atoms with van der Waals surface area (Å²) in [4.78, 5) is 9.06. The second-order valence-corrected chi connectivity index (χ2v) is 8.77. The van der Waals surface area contributed by atoms with Gasteiger partial charge in [-0.25, -0.2) is 9.97 Å². The molecule has 6 rings (SSSR count). The Morgan fingerprint density at radius 3 is 2.74 bits per heavy atom. The van der Waals surface area contributed by atoms with E-state index < -0.39 is 0 Å². The second-order valence-electron chi connectivity index (χ2n) is 8.77. The van der Waals surface area contributed by atoms with E-state index in [0.29, 0.717) is 41.3 Å². The first-order valence-corrected chi connectivity index (χ1v) is 11.8. The number of fused-ring (bicyclic) bond motifs is 1. The van der Waals surface area contributed by atoms with E-state index in [1.807, 2.05) is 60.8 Å². The molecule has 0 radical (unpaired) electrons. The van der Waals surface area contributed by atoms with Gasteiger partial charge in [0.2, 0.25) is 5.89 Å². The highest BCUT2D eigenvalue weighted by Crippen LogP contribution is 2.33. The highest BCUT2D eigenvalue weighted by Gasteiger charge is 2.18. The number of nitrogens with two attached hydrogens (primary N) is 1. The van der Waals surface area contributed by atoms with Crippen molar-refractivity contribution in [1.82, 2.24) is 25.1 Å². The summed E-state index contributed by atoms with van der Waals surface area (Å²) >= 11 is 0. The molecule has 1 fully saturated rings. The zero-order valence-electron chi connectivity index (χ0n) is 19.2. The molecule has 3 N–H and O–H groups in total. The van der Waals surface area contributed by atoms with Crippen LogP contribution in [0, 0.1) is 0 Å². The molecule has 176 valence electrons. The zero-order valence-corrected chi connectivity index (χ0v) is 19.2. The Balaban J connectivity index is 1.26. The van der Waals surface area contributed by atoms with E-state index >= 15 is 0 Å². The van der Waals surface area contributed by atoms with Gasteiger partial charge in [-0.2, -0.15) is 5.10 Å². The number of pyridine rings is 1. The maximum atomic E-state index is 6.22. The number of oxazole rings is 1. The van der Waals surface area contributed by atoms with Crippen molar-refractivity contribution in [2.24, 2.45) is 0 Å². The van der Waals surface area contributed by atoms with Crippen molar-refractivity contribution < 1.29 is 9.15 Å². The highest BCUT2D eigenvalue weighted by atomic mass is 16.5. The van der Waals surface area contributed by atoms with Crippen LogP contribution in [0.15, 0.2) is 77.6 Å². The lowest BCUT2D eigenvalue weighted by Crippen LogP contribution is -2.29. The third-order valence-corrected chi connectivity index (χ3v) is 6.37. The molecular weight excluding hydrogens is 440 g/mol. The molecule has 0 aliphatic carbocycles. The normalized spacial score (nSPS) is 14.4. The summed E-state index contributed by atoms with van der Waals surface area (Å²) in [6, 6.07) is 18.1. The fraction of sp³-hybridized carbons (Fsp3) is 0.222. The number of ether oxygens (including phenoxy) is 1. The van der Waals surface area contributed by atoms with E-state index in [1.54, 1.807) is 6.20 Å². The van der Waals surface area contributed by atoms with Gasteiger partial charge in [-0.05, 0) is 49.7 Å². The first-order chi connectivity index (χ1) is 17.2. The number of piperidine rings is 1. The molecule has 1 aliphatic heterocycles. The van der Waals surface area contributed by atoms with E-state index in [0.717, 1.165) is 48.1 Å². The van der Waals surface area contributed by atoms with E-state index in [-0.39, 0.29) is 0 Å². The van der Waals surface area contributed by atoms with Crippen LogP contribution in [0.5, 0.6) is 5.75 Å². The Morgan fingerprint density at radius 2 is 1.89 bits per heavy atom. The quantitative estimate of drug-likeness (QED) is 0.369. The summed E-state index contributed by atoms with van der Waals surface area (Å²) in [5, 5.41) is 8.00. The van der Waals surface area contributed by atoms with Crippen LogP contribution in [-0.4, -0.2) is 32.8 Å². The van der Waals surface area contributed by atoms with Crippen molar-refractivity contribution in [3.63, 3.8) is 0 Å². The van der Waals surface area contributed by atoms with Crippen molar-refractivity contribution in [3.8, 4) is 28.3 Å². The molecule has 2 aromatic carbocycles. The lowest BCUT2D eigenvalue weighted by molar-refractivity contribution is 0.306. The van der Waals surface area contributed by atoms with Crippen molar-refractivity contribution >= 4 is 16.9 Å². The zero-order chi connectivity index (χ0) is 23.6. The first-order valence-electron chi connectivity index (χ1n) is 11.8. The topological polar surface area (TPSA) is 104 Å². The first kappa shape index (κ1) is 21.4. The van der Waals surface area contributed by atoms with Crippen molar-refractivity contribution in [1.29, 1.82) is 0 Å². The number of nitrogens with one attached hydrogen (secondary N) is 1. The van der Waals surface area contributed by atoms with Gasteiger partial charge in [-0.15, -0.1) is 0 Å². The molecule has 0 bridgehead atoms. The van der Waals surface area contributed by atoms with Crippen molar-refractivity contribution in [3.05, 3.63) is 78.8 Å². The lowest BCUT2D eigenvalue weighted by Gasteiger charge is -2.22. The van der Waals surface area contributed by atoms with Crippen LogP contribution >= 0.6 is 0 Å². The van der Waals surface area contributed by atoms with E-state index in [9.17, 15) is 0 Å². The van der Waals surface area contributed by atoms with Gasteiger partial charge < -0.3 is 20.2 Å². The number of rotatable bonds is 6. The minimum absolute atomic E-state index is 0.367. The maximum Gasteiger partial charge on any atom is 0.231 e. The van der Waals surface area contributed by atoms with Crippen LogP contribution in [-0.2, 0) is 6.61 Å². The number of anilines is 1. The standard InChI is InChI=1S/C27H26N6O2/c28-26-23(12-19(14-30-26)20-15-31-33(16-20)21-8-10-29-11-9-21)27-32-24-7-6-22(13-25(24)35-27)34-17-18-4-2-1-3-5-18/h1-7,12-16,21,29H,8-11,17H2,(H2,28,30). The van der Waals surface area contributed by atoms with Crippen LogP contribution in [0.4, 0.5) is 5.82 Å². The van der Waals surface area contributed by atoms with Gasteiger partial charge in [0, 0.05) is 29.6 Å². The molecule has 3 aromatic heterocycles. The third-order valence-electron chi connectivity index (χ3n) is 6.37. The van der Waals surface area contributed by atoms with Crippen LogP contribution in [0.2, 0.25) is 0 Å². The third kappa shape index (κ3) is 4.48. The molecule has 0 amide bonds. The minimum Gasteiger partial charge on any atom is -0.489 e. The SMILES string of the molecule is Nc1ncc(-c2cnn(C3CCNCC3)c2)cc1-c1nc2ccc(OCc3ccccc3)cc2o1. The fourth-order valence-electron chi connectivity index (χ4n) is 4.41. The van der Waals surface area contributed by atoms with Crippen LogP contribution < -0.4 is 15.8 Å². The number of aromatic nitrogens is 4. The average molecular weight is 467 g/mol. The van der Waals surface area contributed by atoms with Gasteiger partial charge in [0.15, 0.2) is 5.58 Å². The predicted molar refractivity (Wildman–Crippen MR) is 135 cm³/mol. The summed E-state index contributed by atoms with van der Waals surface area (Å²) < 4.78 is 14.1. The summed E-state index contributed by atoms with van der Waals surface area (Å²) in [6.45, 7) is 2.52. The Bertz CT molecular complexity index is 1450. The fourth-order valence-corrected chi connectivity index (χ4v) is 4.41. The molecule has 8 heteroatoms. The molecule has 0 unspecified atom stereocenters. The molecule has 4 heterocycles. The smallest absolute Gasteiger partial charge is 0.231 e. The van der Waals surface area contributed by atoms with Crippen molar-refractivity contribution in [2.75, 3.05) is 18.8 Å². The molecule has 0 spiro atoms. The lowest BCUT2D eigenvalue weighted by atomic mass is 10.1. The molecule has 8 nitrogen and oxygen atoms in total. The van der Waals surface area contributed by atoms with Gasteiger partial charge in [0.25, 0.3) is 0 Å². The molecule has 1 saturated heterocycles. The van der Waals surface area contributed by atoms with Crippen LogP contribution in [0.25, 0.3) is 33.7 Å². The van der Waals surface area contributed by atoms with Gasteiger partial charge in [-0.3, -0.25) is 4.68 Å².